The van der Waals surface area contributed by atoms with Crippen LogP contribution in [0, 0.1) is 5.92 Å². The number of hydrogen-bond acceptors (Lipinski definition) is 11. The number of allylic oxidation sites excluding steroid dienone is 3. The average molecular weight is 1000 g/mol. The van der Waals surface area contributed by atoms with Crippen LogP contribution in [-0.4, -0.2) is 97.7 Å². The maximum atomic E-state index is 14.2. The molecule has 3 aliphatic rings. The minimum Gasteiger partial charge on any atom is -0.495 e. The van der Waals surface area contributed by atoms with Crippen molar-refractivity contribution in [3.63, 3.8) is 0 Å². The topological polar surface area (TPSA) is 171 Å². The molecule has 7 atom stereocenters. The molecule has 3 aliphatic heterocycles. The Morgan fingerprint density at radius 2 is 1.81 bits per heavy atom. The number of epoxide rings is 1. The molecule has 6 rings (SSSR count). The number of anilines is 1. The summed E-state index contributed by atoms with van der Waals surface area (Å²) in [6.45, 7) is 6.16. The van der Waals surface area contributed by atoms with Crippen LogP contribution in [0.2, 0.25) is 5.02 Å². The Balaban J connectivity index is 1.13. The van der Waals surface area contributed by atoms with Gasteiger partial charge in [0.05, 0.1) is 59.9 Å². The van der Waals surface area contributed by atoms with Gasteiger partial charge in [-0.1, -0.05) is 80.6 Å². The van der Waals surface area contributed by atoms with Crippen LogP contribution in [0.15, 0.2) is 54.1 Å². The van der Waals surface area contributed by atoms with E-state index in [9.17, 15) is 19.2 Å². The standard InChI is InChI=1S/C45H54Br2ClN5O9/c1-25-11-10-12-35(58-5)31-21-36(60-44(57)52-31)26(2)42-45(3,62-42)38(22-39(54)53(4)34-18-27(17-25)19-37(59-6)41(34)48)61-40(55)13-8-7-9-16-49-43(56)28-14-15-29-30(20-28)51-33(24-47)32(23-46)50-29/h10-12,14-15,18-20,26,31,35-36,38,42H,7-9,13,16-17,21-24H2,1-6H3,(H,49,56)(H,52,57)/b12-10+,25-11+/t26-,31-,35-,36+,38+,42+,45+/m1/s1. The van der Waals surface area contributed by atoms with Gasteiger partial charge in [0.2, 0.25) is 5.91 Å². The number of alkyl carbamates (subject to hydrolysis) is 1. The average Bonchev–Trinajstić information content (AvgIpc) is 3.96. The molecule has 62 heavy (non-hydrogen) atoms. The summed E-state index contributed by atoms with van der Waals surface area (Å²) in [6, 6.07) is 8.58. The molecule has 2 N–H and O–H groups in total. The Kier molecular flexibility index (Phi) is 16.1. The van der Waals surface area contributed by atoms with Crippen LogP contribution in [-0.2, 0) is 45.6 Å². The number of fused-ring (bicyclic) bond motifs is 6. The number of methoxy groups -OCH3 is 2. The number of ether oxygens (including phenoxy) is 5. The van der Waals surface area contributed by atoms with E-state index < -0.39 is 42.1 Å². The zero-order valence-electron chi connectivity index (χ0n) is 35.8. The highest BCUT2D eigenvalue weighted by Crippen LogP contribution is 2.49. The first-order valence-corrected chi connectivity index (χ1v) is 23.3. The number of esters is 1. The molecule has 4 bridgehead atoms. The Hall–Kier alpha value is -4.09. The second kappa shape index (κ2) is 21.1. The fourth-order valence-corrected chi connectivity index (χ4v) is 9.34. The smallest absolute Gasteiger partial charge is 0.407 e. The van der Waals surface area contributed by atoms with Gasteiger partial charge in [0.15, 0.2) is 0 Å². The lowest BCUT2D eigenvalue weighted by Gasteiger charge is -2.36. The minimum absolute atomic E-state index is 0.0951. The molecular formula is C45H54Br2ClN5O9. The molecule has 0 radical (unpaired) electrons. The summed E-state index contributed by atoms with van der Waals surface area (Å²) in [5, 5.41) is 7.25. The van der Waals surface area contributed by atoms with Gasteiger partial charge in [-0.2, -0.15) is 0 Å². The molecule has 2 aromatic carbocycles. The van der Waals surface area contributed by atoms with Gasteiger partial charge in [-0.15, -0.1) is 0 Å². The van der Waals surface area contributed by atoms with Crippen LogP contribution >= 0.6 is 43.5 Å². The van der Waals surface area contributed by atoms with Crippen molar-refractivity contribution in [2.45, 2.75) is 112 Å². The summed E-state index contributed by atoms with van der Waals surface area (Å²) in [5.74, 6) is -0.954. The van der Waals surface area contributed by atoms with E-state index >= 15 is 0 Å². The van der Waals surface area contributed by atoms with Crippen molar-refractivity contribution in [2.24, 2.45) is 5.92 Å². The number of nitrogens with one attached hydrogen (secondary N) is 2. The van der Waals surface area contributed by atoms with Gasteiger partial charge in [0.25, 0.3) is 5.91 Å². The van der Waals surface area contributed by atoms with E-state index in [1.165, 1.54) is 12.0 Å². The number of benzene rings is 2. The first-order chi connectivity index (χ1) is 29.7. The van der Waals surface area contributed by atoms with Gasteiger partial charge in [0, 0.05) is 55.7 Å². The van der Waals surface area contributed by atoms with Gasteiger partial charge >= 0.3 is 12.1 Å². The van der Waals surface area contributed by atoms with E-state index in [4.69, 9.17) is 35.3 Å². The molecule has 14 nitrogen and oxygen atoms in total. The normalized spacial score (nSPS) is 26.7. The lowest BCUT2D eigenvalue weighted by Crippen LogP contribution is -2.53. The van der Waals surface area contributed by atoms with Crippen molar-refractivity contribution in [1.82, 2.24) is 20.6 Å². The lowest BCUT2D eigenvalue weighted by molar-refractivity contribution is -0.154. The van der Waals surface area contributed by atoms with E-state index in [0.717, 1.165) is 22.5 Å². The van der Waals surface area contributed by atoms with Crippen LogP contribution in [0.25, 0.3) is 11.0 Å². The Morgan fingerprint density at radius 1 is 1.06 bits per heavy atom. The number of hydrogen-bond donors (Lipinski definition) is 2. The Morgan fingerprint density at radius 3 is 2.52 bits per heavy atom. The molecule has 0 unspecified atom stereocenters. The number of nitrogens with zero attached hydrogens (tertiary/aromatic N) is 3. The third-order valence-corrected chi connectivity index (χ3v) is 13.3. The zero-order chi connectivity index (χ0) is 44.7. The predicted molar refractivity (Wildman–Crippen MR) is 243 cm³/mol. The fourth-order valence-electron chi connectivity index (χ4n) is 8.13. The number of carbonyl (C=O) groups excluding carboxylic acids is 4. The Labute approximate surface area is 384 Å². The number of alkyl halides is 2. The minimum atomic E-state index is -1.06. The number of carbonyl (C=O) groups is 4. The highest BCUT2D eigenvalue weighted by atomic mass is 79.9. The Bertz CT molecular complexity index is 2230. The van der Waals surface area contributed by atoms with Gasteiger partial charge in [0.1, 0.15) is 28.6 Å². The third kappa shape index (κ3) is 11.2. The van der Waals surface area contributed by atoms with E-state index in [2.05, 4.69) is 52.5 Å². The van der Waals surface area contributed by atoms with Crippen LogP contribution in [0.4, 0.5) is 10.5 Å². The van der Waals surface area contributed by atoms with Gasteiger partial charge in [-0.3, -0.25) is 14.4 Å². The van der Waals surface area contributed by atoms with Gasteiger partial charge < -0.3 is 39.2 Å². The monoisotopic (exact) mass is 1000 g/mol. The number of halogens is 3. The highest BCUT2D eigenvalue weighted by molar-refractivity contribution is 9.09. The van der Waals surface area contributed by atoms with Crippen LogP contribution in [0.5, 0.6) is 5.75 Å². The van der Waals surface area contributed by atoms with E-state index in [1.54, 1.807) is 32.4 Å². The summed E-state index contributed by atoms with van der Waals surface area (Å²) < 4.78 is 29.7. The summed E-state index contributed by atoms with van der Waals surface area (Å²) in [5.41, 5.74) is 4.76. The molecule has 334 valence electrons. The van der Waals surface area contributed by atoms with Crippen molar-refractivity contribution < 1.29 is 42.9 Å². The fraction of sp³-hybridized carbons (Fsp3) is 0.511. The summed E-state index contributed by atoms with van der Waals surface area (Å²) in [7, 11) is 4.75. The summed E-state index contributed by atoms with van der Waals surface area (Å²) in [4.78, 5) is 64.3. The summed E-state index contributed by atoms with van der Waals surface area (Å²) >= 11 is 13.7. The molecule has 4 heterocycles. The number of amides is 3. The second-order valence-electron chi connectivity index (χ2n) is 16.2. The summed E-state index contributed by atoms with van der Waals surface area (Å²) in [6.07, 6.45) is 5.44. The third-order valence-electron chi connectivity index (χ3n) is 11.8. The van der Waals surface area contributed by atoms with Gasteiger partial charge in [-0.25, -0.2) is 14.8 Å². The zero-order valence-corrected chi connectivity index (χ0v) is 39.7. The van der Waals surface area contributed by atoms with Crippen molar-refractivity contribution in [3.8, 4) is 5.75 Å². The maximum Gasteiger partial charge on any atom is 0.407 e. The molecule has 3 amide bonds. The first-order valence-electron chi connectivity index (χ1n) is 20.7. The van der Waals surface area contributed by atoms with E-state index in [-0.39, 0.29) is 41.6 Å². The van der Waals surface area contributed by atoms with Crippen molar-refractivity contribution in [3.05, 3.63) is 81.7 Å². The highest BCUT2D eigenvalue weighted by Gasteiger charge is 2.63. The molecule has 2 fully saturated rings. The largest absolute Gasteiger partial charge is 0.495 e. The molecule has 2 saturated heterocycles. The number of rotatable bonds is 12. The maximum absolute atomic E-state index is 14.2. The molecular weight excluding hydrogens is 950 g/mol. The van der Waals surface area contributed by atoms with Crippen molar-refractivity contribution >= 4 is 84.1 Å². The second-order valence-corrected chi connectivity index (χ2v) is 17.7. The van der Waals surface area contributed by atoms with Crippen molar-refractivity contribution in [2.75, 3.05) is 32.7 Å². The molecule has 0 saturated carbocycles. The van der Waals surface area contributed by atoms with Crippen molar-refractivity contribution in [1.29, 1.82) is 0 Å². The predicted octanol–water partition coefficient (Wildman–Crippen LogP) is 8.07. The van der Waals surface area contributed by atoms with Crippen LogP contribution < -0.4 is 20.3 Å². The quantitative estimate of drug-likeness (QED) is 0.0779. The van der Waals surface area contributed by atoms with E-state index in [0.29, 0.717) is 77.3 Å². The lowest BCUT2D eigenvalue weighted by atomic mass is 9.84. The molecule has 0 aliphatic carbocycles. The molecule has 17 heteroatoms. The molecule has 1 aromatic heterocycles. The van der Waals surface area contributed by atoms with E-state index in [1.807, 2.05) is 51.1 Å². The molecule has 0 spiro atoms. The number of aromatic nitrogens is 2. The van der Waals surface area contributed by atoms with Crippen LogP contribution in [0.1, 0.15) is 86.6 Å². The number of unbranched alkanes of at least 4 members (excludes halogenated alkanes) is 2. The van der Waals surface area contributed by atoms with Crippen LogP contribution in [0.3, 0.4) is 0 Å². The SMILES string of the molecule is COc1cc2cc(c1Cl)N(C)C(=O)C[C@H](OC(=O)CCCCCNC(=O)c1ccc3nc(CBr)c(CBr)nc3c1)[C@]1(C)O[C@H]1[C@H](C)[C@@H]1C[C@@H](NC(=O)O1)[C@H](OC)/C=C/C=C(\C)C2. The van der Waals surface area contributed by atoms with Gasteiger partial charge in [-0.05, 0) is 69.0 Å². The molecule has 3 aromatic rings. The first kappa shape index (κ1) is 47.4.